The van der Waals surface area contributed by atoms with E-state index in [4.69, 9.17) is 19.5 Å². The summed E-state index contributed by atoms with van der Waals surface area (Å²) in [5.74, 6) is -0.106. The van der Waals surface area contributed by atoms with E-state index in [0.29, 0.717) is 17.1 Å². The highest BCUT2D eigenvalue weighted by Crippen LogP contribution is 2.29. The number of aromatic nitrogens is 1. The molecule has 0 saturated heterocycles. The van der Waals surface area contributed by atoms with Gasteiger partial charge in [-0.1, -0.05) is 0 Å². The van der Waals surface area contributed by atoms with Crippen molar-refractivity contribution in [3.05, 3.63) is 77.6 Å². The van der Waals surface area contributed by atoms with Crippen LogP contribution in [0.15, 0.2) is 60.7 Å². The maximum Gasteiger partial charge on any atom is 0.343 e. The number of halogens is 1. The van der Waals surface area contributed by atoms with E-state index in [1.165, 1.54) is 36.4 Å². The third kappa shape index (κ3) is 4.62. The van der Waals surface area contributed by atoms with Crippen molar-refractivity contribution in [1.29, 1.82) is 5.26 Å². The third-order valence-electron chi connectivity index (χ3n) is 3.56. The first-order valence-corrected chi connectivity index (χ1v) is 8.38. The van der Waals surface area contributed by atoms with Crippen molar-refractivity contribution < 1.29 is 23.4 Å². The second kappa shape index (κ2) is 8.64. The Morgan fingerprint density at radius 3 is 2.29 bits per heavy atom. The SMILES string of the molecule is CCOC(=O)c1ccc(Oc2ccc(C#N)cc2)nc1Oc1ccc(F)cc1. The minimum Gasteiger partial charge on any atom is -0.462 e. The van der Waals surface area contributed by atoms with Crippen LogP contribution in [-0.4, -0.2) is 17.6 Å². The molecule has 0 aliphatic carbocycles. The molecule has 0 N–H and O–H groups in total. The summed E-state index contributed by atoms with van der Waals surface area (Å²) < 4.78 is 29.4. The molecular weight excluding hydrogens is 363 g/mol. The third-order valence-corrected chi connectivity index (χ3v) is 3.56. The van der Waals surface area contributed by atoms with E-state index >= 15 is 0 Å². The Morgan fingerprint density at radius 1 is 1.00 bits per heavy atom. The average Bonchev–Trinajstić information content (AvgIpc) is 2.71. The maximum atomic E-state index is 13.1. The van der Waals surface area contributed by atoms with E-state index in [0.717, 1.165) is 0 Å². The monoisotopic (exact) mass is 378 g/mol. The van der Waals surface area contributed by atoms with Gasteiger partial charge >= 0.3 is 5.97 Å². The Bertz CT molecular complexity index is 1010. The zero-order chi connectivity index (χ0) is 19.9. The molecule has 0 unspecified atom stereocenters. The van der Waals surface area contributed by atoms with Gasteiger partial charge in [-0.3, -0.25) is 0 Å². The number of hydrogen-bond acceptors (Lipinski definition) is 6. The lowest BCUT2D eigenvalue weighted by atomic mass is 10.2. The molecule has 0 aliphatic heterocycles. The summed E-state index contributed by atoms with van der Waals surface area (Å²) in [6.07, 6.45) is 0. The standard InChI is InChI=1S/C21H15FN2O4/c1-2-26-21(25)18-11-12-19(27-16-7-3-14(13-23)4-8-16)24-20(18)28-17-9-5-15(22)6-10-17/h3-12H,2H2,1H3. The molecule has 7 heteroatoms. The van der Waals surface area contributed by atoms with Gasteiger partial charge in [-0.2, -0.15) is 10.2 Å². The highest BCUT2D eigenvalue weighted by atomic mass is 19.1. The Labute approximate surface area is 160 Å². The molecule has 0 atom stereocenters. The highest BCUT2D eigenvalue weighted by molar-refractivity contribution is 5.92. The fraction of sp³-hybridized carbons (Fsp3) is 0.0952. The Kier molecular flexibility index (Phi) is 5.82. The molecule has 1 aromatic heterocycles. The van der Waals surface area contributed by atoms with Gasteiger partial charge in [-0.15, -0.1) is 0 Å². The van der Waals surface area contributed by atoms with Crippen LogP contribution in [0, 0.1) is 17.1 Å². The van der Waals surface area contributed by atoms with Crippen LogP contribution in [0.1, 0.15) is 22.8 Å². The lowest BCUT2D eigenvalue weighted by molar-refractivity contribution is 0.0522. The largest absolute Gasteiger partial charge is 0.462 e. The minimum absolute atomic E-state index is 0.0313. The molecule has 3 aromatic rings. The van der Waals surface area contributed by atoms with Crippen LogP contribution in [0.2, 0.25) is 0 Å². The van der Waals surface area contributed by atoms with Gasteiger partial charge in [0.05, 0.1) is 18.2 Å². The Hall–Kier alpha value is -3.92. The van der Waals surface area contributed by atoms with Gasteiger partial charge in [0.15, 0.2) is 0 Å². The summed E-state index contributed by atoms with van der Waals surface area (Å²) in [5, 5.41) is 8.85. The fourth-order valence-corrected chi connectivity index (χ4v) is 2.25. The lowest BCUT2D eigenvalue weighted by Crippen LogP contribution is -2.08. The summed E-state index contributed by atoms with van der Waals surface area (Å²) in [7, 11) is 0. The number of esters is 1. The van der Waals surface area contributed by atoms with E-state index in [2.05, 4.69) is 4.98 Å². The van der Waals surface area contributed by atoms with E-state index in [-0.39, 0.29) is 23.9 Å². The van der Waals surface area contributed by atoms with Gasteiger partial charge in [0.2, 0.25) is 11.8 Å². The molecule has 0 aliphatic rings. The number of nitrogens with zero attached hydrogens (tertiary/aromatic N) is 2. The van der Waals surface area contributed by atoms with Crippen LogP contribution in [0.3, 0.4) is 0 Å². The molecule has 6 nitrogen and oxygen atoms in total. The number of carbonyl (C=O) groups is 1. The number of hydrogen-bond donors (Lipinski definition) is 0. The topological polar surface area (TPSA) is 81.4 Å². The van der Waals surface area contributed by atoms with Crippen molar-refractivity contribution in [1.82, 2.24) is 4.98 Å². The normalized spacial score (nSPS) is 10.0. The number of benzene rings is 2. The quantitative estimate of drug-likeness (QED) is 0.570. The van der Waals surface area contributed by atoms with Crippen LogP contribution in [0.4, 0.5) is 4.39 Å². The van der Waals surface area contributed by atoms with Crippen molar-refractivity contribution in [2.45, 2.75) is 6.92 Å². The van der Waals surface area contributed by atoms with Crippen molar-refractivity contribution in [3.8, 4) is 29.3 Å². The molecule has 0 bridgehead atoms. The van der Waals surface area contributed by atoms with Crippen molar-refractivity contribution in [2.75, 3.05) is 6.61 Å². The van der Waals surface area contributed by atoms with Gasteiger partial charge in [0, 0.05) is 6.07 Å². The van der Waals surface area contributed by atoms with Crippen molar-refractivity contribution in [2.24, 2.45) is 0 Å². The molecule has 2 aromatic carbocycles. The molecule has 1 heterocycles. The van der Waals surface area contributed by atoms with Crippen LogP contribution in [0.25, 0.3) is 0 Å². The van der Waals surface area contributed by atoms with Gasteiger partial charge in [-0.25, -0.2) is 9.18 Å². The Balaban J connectivity index is 1.90. The van der Waals surface area contributed by atoms with Gasteiger partial charge in [0.1, 0.15) is 22.9 Å². The van der Waals surface area contributed by atoms with E-state index in [1.807, 2.05) is 6.07 Å². The van der Waals surface area contributed by atoms with Gasteiger partial charge in [0.25, 0.3) is 0 Å². The summed E-state index contributed by atoms with van der Waals surface area (Å²) >= 11 is 0. The second-order valence-electron chi connectivity index (χ2n) is 5.52. The van der Waals surface area contributed by atoms with Crippen LogP contribution < -0.4 is 9.47 Å². The molecule has 0 radical (unpaired) electrons. The maximum absolute atomic E-state index is 13.1. The lowest BCUT2D eigenvalue weighted by Gasteiger charge is -2.12. The number of carbonyl (C=O) groups excluding carboxylic acids is 1. The van der Waals surface area contributed by atoms with Gasteiger partial charge < -0.3 is 14.2 Å². The minimum atomic E-state index is -0.600. The van der Waals surface area contributed by atoms with Crippen LogP contribution >= 0.6 is 0 Å². The number of rotatable bonds is 6. The van der Waals surface area contributed by atoms with Crippen LogP contribution in [-0.2, 0) is 4.74 Å². The molecule has 0 saturated carbocycles. The summed E-state index contributed by atoms with van der Waals surface area (Å²) in [4.78, 5) is 16.4. The predicted octanol–water partition coefficient (Wildman–Crippen LogP) is 4.85. The van der Waals surface area contributed by atoms with E-state index in [9.17, 15) is 9.18 Å². The van der Waals surface area contributed by atoms with E-state index in [1.54, 1.807) is 31.2 Å². The summed E-state index contributed by atoms with van der Waals surface area (Å²) in [6, 6.07) is 16.8. The summed E-state index contributed by atoms with van der Waals surface area (Å²) in [5.41, 5.74) is 0.608. The zero-order valence-electron chi connectivity index (χ0n) is 14.9. The van der Waals surface area contributed by atoms with Gasteiger partial charge in [-0.05, 0) is 61.5 Å². The number of nitriles is 1. The second-order valence-corrected chi connectivity index (χ2v) is 5.52. The molecule has 0 spiro atoms. The molecule has 140 valence electrons. The molecular formula is C21H15FN2O4. The molecule has 28 heavy (non-hydrogen) atoms. The highest BCUT2D eigenvalue weighted by Gasteiger charge is 2.18. The molecule has 3 rings (SSSR count). The number of ether oxygens (including phenoxy) is 3. The zero-order valence-corrected chi connectivity index (χ0v) is 14.9. The molecule has 0 fully saturated rings. The van der Waals surface area contributed by atoms with Crippen molar-refractivity contribution >= 4 is 5.97 Å². The van der Waals surface area contributed by atoms with Crippen molar-refractivity contribution in [3.63, 3.8) is 0 Å². The smallest absolute Gasteiger partial charge is 0.343 e. The first-order valence-electron chi connectivity index (χ1n) is 8.38. The molecule has 0 amide bonds. The summed E-state index contributed by atoms with van der Waals surface area (Å²) in [6.45, 7) is 1.88. The van der Waals surface area contributed by atoms with Crippen LogP contribution in [0.5, 0.6) is 23.3 Å². The number of pyridine rings is 1. The van der Waals surface area contributed by atoms with E-state index < -0.39 is 11.8 Å². The first-order chi connectivity index (χ1) is 13.6. The Morgan fingerprint density at radius 2 is 1.64 bits per heavy atom. The fourth-order valence-electron chi connectivity index (χ4n) is 2.25. The first kappa shape index (κ1) is 18.9. The average molecular weight is 378 g/mol. The predicted molar refractivity (Wildman–Crippen MR) is 97.9 cm³/mol.